The molecule has 0 bridgehead atoms. The van der Waals surface area contributed by atoms with Crippen molar-refractivity contribution in [2.75, 3.05) is 0 Å². The molecule has 31 heavy (non-hydrogen) atoms. The zero-order chi connectivity index (χ0) is 21.9. The van der Waals surface area contributed by atoms with Crippen molar-refractivity contribution in [1.29, 1.82) is 0 Å². The predicted octanol–water partition coefficient (Wildman–Crippen LogP) is 6.57. The lowest BCUT2D eigenvalue weighted by molar-refractivity contribution is 0.493. The Hall–Kier alpha value is -3.00. The van der Waals surface area contributed by atoms with E-state index in [1.165, 1.54) is 0 Å². The van der Waals surface area contributed by atoms with Crippen molar-refractivity contribution in [1.82, 2.24) is 0 Å². The quantitative estimate of drug-likeness (QED) is 0.330. The third-order valence-corrected chi connectivity index (χ3v) is 9.79. The molecule has 0 atom stereocenters. The molecule has 0 heterocycles. The van der Waals surface area contributed by atoms with Gasteiger partial charge in [0.2, 0.25) is 0 Å². The minimum atomic E-state index is -4.61. The summed E-state index contributed by atoms with van der Waals surface area (Å²) in [7, 11) is -7.43. The van der Waals surface area contributed by atoms with E-state index in [1.807, 2.05) is 18.2 Å². The van der Waals surface area contributed by atoms with Crippen LogP contribution in [0.15, 0.2) is 129 Å². The minimum Gasteiger partial charge on any atom is -0.207 e. The molecule has 0 radical (unpaired) electrons. The monoisotopic (exact) mass is 456 g/mol. The molecule has 0 saturated carbocycles. The highest BCUT2D eigenvalue weighted by atomic mass is 32.3. The Balaban J connectivity index is 2.01. The van der Waals surface area contributed by atoms with Gasteiger partial charge in [-0.3, -0.25) is 0 Å². The molecule has 0 amide bonds. The first-order valence-corrected chi connectivity index (χ1v) is 12.3. The Morgan fingerprint density at radius 2 is 1.00 bits per heavy atom. The van der Waals surface area contributed by atoms with E-state index in [0.717, 1.165) is 12.1 Å². The van der Waals surface area contributed by atoms with Gasteiger partial charge >= 0.3 is 10.1 Å². The fourth-order valence-corrected chi connectivity index (χ4v) is 8.49. The molecule has 3 nitrogen and oxygen atoms in total. The van der Waals surface area contributed by atoms with Crippen molar-refractivity contribution < 1.29 is 20.8 Å². The minimum absolute atomic E-state index is 0.529. The Labute approximate surface area is 181 Å². The van der Waals surface area contributed by atoms with Gasteiger partial charge < -0.3 is 0 Å². The van der Waals surface area contributed by atoms with Crippen LogP contribution < -0.4 is 0 Å². The van der Waals surface area contributed by atoms with Gasteiger partial charge in [-0.15, -0.1) is 0 Å². The third-order valence-electron chi connectivity index (χ3n) is 4.58. The summed E-state index contributed by atoms with van der Waals surface area (Å²) in [6.07, 6.45) is 0. The van der Waals surface area contributed by atoms with Crippen LogP contribution in [0.5, 0.6) is 0 Å². The van der Waals surface area contributed by atoms with E-state index >= 15 is 0 Å². The van der Waals surface area contributed by atoms with Crippen LogP contribution in [-0.4, -0.2) is 8.42 Å². The zero-order valence-electron chi connectivity index (χ0n) is 16.2. The molecule has 0 aliphatic rings. The van der Waals surface area contributed by atoms with Gasteiger partial charge in [0.15, 0.2) is 0 Å². The maximum atomic E-state index is 14.4. The van der Waals surface area contributed by atoms with Crippen LogP contribution in [0.3, 0.4) is 0 Å². The molecule has 0 aromatic heterocycles. The highest BCUT2D eigenvalue weighted by Crippen LogP contribution is 2.70. The van der Waals surface area contributed by atoms with Gasteiger partial charge in [0.25, 0.3) is 0 Å². The van der Waals surface area contributed by atoms with Gasteiger partial charge in [-0.1, -0.05) is 54.6 Å². The first kappa shape index (κ1) is 21.2. The number of hydrogen-bond donors (Lipinski definition) is 0. The second-order valence-electron chi connectivity index (χ2n) is 6.59. The van der Waals surface area contributed by atoms with E-state index in [4.69, 9.17) is 3.63 Å². The largest absolute Gasteiger partial charge is 0.310 e. The van der Waals surface area contributed by atoms with Crippen molar-refractivity contribution in [2.24, 2.45) is 0 Å². The average Bonchev–Trinajstić information content (AvgIpc) is 2.79. The average molecular weight is 457 g/mol. The standard InChI is InChI=1S/C24H18F2O3S2/c25-19-16-17-24(23(26)18-19)31(27,28)29-30(20-10-4-1-5-11-20,21-12-6-2-7-13-21)22-14-8-3-9-15-22/h1-18H. The highest BCUT2D eigenvalue weighted by molar-refractivity contribution is 8.33. The van der Waals surface area contributed by atoms with Crippen LogP contribution in [0.25, 0.3) is 0 Å². The van der Waals surface area contributed by atoms with Gasteiger partial charge in [0.1, 0.15) is 16.5 Å². The summed E-state index contributed by atoms with van der Waals surface area (Å²) in [6.45, 7) is 0. The summed E-state index contributed by atoms with van der Waals surface area (Å²) in [6, 6.07) is 29.2. The Morgan fingerprint density at radius 1 is 0.581 bits per heavy atom. The normalized spacial score (nSPS) is 12.5. The van der Waals surface area contributed by atoms with Gasteiger partial charge in [-0.2, -0.15) is 8.42 Å². The van der Waals surface area contributed by atoms with Crippen molar-refractivity contribution in [3.05, 3.63) is 121 Å². The number of rotatable bonds is 6. The highest BCUT2D eigenvalue weighted by Gasteiger charge is 2.39. The van der Waals surface area contributed by atoms with Crippen LogP contribution in [0.2, 0.25) is 0 Å². The van der Waals surface area contributed by atoms with E-state index in [1.54, 1.807) is 72.8 Å². The molecular weight excluding hydrogens is 438 g/mol. The second-order valence-corrected chi connectivity index (χ2v) is 11.0. The molecule has 4 aromatic carbocycles. The van der Waals surface area contributed by atoms with Gasteiger partial charge in [-0.05, 0) is 58.8 Å². The Morgan fingerprint density at radius 3 is 1.39 bits per heavy atom. The zero-order valence-corrected chi connectivity index (χ0v) is 17.8. The fraction of sp³-hybridized carbons (Fsp3) is 0. The Kier molecular flexibility index (Phi) is 5.91. The molecule has 0 unspecified atom stereocenters. The summed E-state index contributed by atoms with van der Waals surface area (Å²) in [4.78, 5) is 1.16. The van der Waals surface area contributed by atoms with Crippen molar-refractivity contribution in [3.63, 3.8) is 0 Å². The maximum Gasteiger partial charge on any atom is 0.310 e. The third kappa shape index (κ3) is 4.12. The molecule has 0 N–H and O–H groups in total. The topological polar surface area (TPSA) is 43.4 Å². The van der Waals surface area contributed by atoms with Crippen LogP contribution in [0, 0.1) is 11.6 Å². The molecule has 7 heteroatoms. The van der Waals surface area contributed by atoms with Crippen LogP contribution in [-0.2, 0) is 13.7 Å². The summed E-state index contributed by atoms with van der Waals surface area (Å²) >= 11 is 0. The van der Waals surface area contributed by atoms with E-state index in [0.29, 0.717) is 20.8 Å². The molecule has 0 aliphatic carbocycles. The van der Waals surface area contributed by atoms with Gasteiger partial charge in [0.05, 0.1) is 0 Å². The SMILES string of the molecule is O=S(=O)(OS(c1ccccc1)(c1ccccc1)c1ccccc1)c1ccc(F)cc1F. The lowest BCUT2D eigenvalue weighted by atomic mass is 10.3. The maximum absolute atomic E-state index is 14.4. The molecule has 158 valence electrons. The van der Waals surface area contributed by atoms with E-state index in [-0.39, 0.29) is 0 Å². The van der Waals surface area contributed by atoms with Crippen molar-refractivity contribution >= 4 is 20.4 Å². The summed E-state index contributed by atoms with van der Waals surface area (Å²) < 4.78 is 60.5. The Bertz CT molecular complexity index is 1180. The summed E-state index contributed by atoms with van der Waals surface area (Å²) in [5.74, 6) is -2.08. The van der Waals surface area contributed by atoms with E-state index in [2.05, 4.69) is 0 Å². The van der Waals surface area contributed by atoms with Crippen molar-refractivity contribution in [2.45, 2.75) is 19.6 Å². The molecule has 4 aromatic rings. The molecular formula is C24H18F2O3S2. The second kappa shape index (κ2) is 8.63. The van der Waals surface area contributed by atoms with Crippen molar-refractivity contribution in [3.8, 4) is 0 Å². The molecule has 0 fully saturated rings. The summed E-state index contributed by atoms with van der Waals surface area (Å²) in [5, 5.41) is 0. The summed E-state index contributed by atoms with van der Waals surface area (Å²) in [5.41, 5.74) is 0. The lowest BCUT2D eigenvalue weighted by Gasteiger charge is -2.39. The first-order chi connectivity index (χ1) is 14.9. The smallest absolute Gasteiger partial charge is 0.207 e. The molecule has 4 rings (SSSR count). The molecule has 0 aliphatic heterocycles. The molecule has 0 saturated heterocycles. The number of halogens is 2. The lowest BCUT2D eigenvalue weighted by Crippen LogP contribution is -2.15. The van der Waals surface area contributed by atoms with Gasteiger partial charge in [0, 0.05) is 20.8 Å². The van der Waals surface area contributed by atoms with Gasteiger partial charge in [-0.25, -0.2) is 12.4 Å². The fourth-order valence-electron chi connectivity index (χ4n) is 3.21. The predicted molar refractivity (Wildman–Crippen MR) is 116 cm³/mol. The van der Waals surface area contributed by atoms with Crippen LogP contribution >= 0.6 is 10.3 Å². The first-order valence-electron chi connectivity index (χ1n) is 9.33. The number of hydrogen-bond acceptors (Lipinski definition) is 3. The van der Waals surface area contributed by atoms with E-state index in [9.17, 15) is 17.2 Å². The van der Waals surface area contributed by atoms with Crippen LogP contribution in [0.4, 0.5) is 8.78 Å². The number of benzene rings is 4. The molecule has 0 spiro atoms. The van der Waals surface area contributed by atoms with E-state index < -0.39 is 37.0 Å². The van der Waals surface area contributed by atoms with Crippen LogP contribution in [0.1, 0.15) is 0 Å².